The van der Waals surface area contributed by atoms with Crippen LogP contribution in [-0.2, 0) is 13.0 Å². The summed E-state index contributed by atoms with van der Waals surface area (Å²) >= 11 is 9.42. The highest BCUT2D eigenvalue weighted by Gasteiger charge is 2.06. The average molecular weight is 345 g/mol. The molecular formula is C14H15BrClNO2. The lowest BCUT2D eigenvalue weighted by Crippen LogP contribution is -1.99. The van der Waals surface area contributed by atoms with E-state index >= 15 is 0 Å². The van der Waals surface area contributed by atoms with Gasteiger partial charge in [-0.1, -0.05) is 27.5 Å². The quantitative estimate of drug-likeness (QED) is 0.855. The number of ether oxygens (including phenoxy) is 1. The summed E-state index contributed by atoms with van der Waals surface area (Å²) in [6, 6.07) is 9.38. The van der Waals surface area contributed by atoms with Crippen LogP contribution in [0.2, 0.25) is 5.02 Å². The monoisotopic (exact) mass is 343 g/mol. The molecule has 5 heteroatoms. The van der Waals surface area contributed by atoms with Crippen molar-refractivity contribution in [1.29, 1.82) is 0 Å². The average Bonchev–Trinajstić information content (AvgIpc) is 2.83. The lowest BCUT2D eigenvalue weighted by Gasteiger charge is -2.06. The predicted octanol–water partition coefficient (Wildman–Crippen LogP) is 4.17. The number of nitrogens with two attached hydrogens (primary N) is 1. The summed E-state index contributed by atoms with van der Waals surface area (Å²) in [5, 5.41) is 0.573. The molecule has 1 aromatic heterocycles. The van der Waals surface area contributed by atoms with E-state index in [2.05, 4.69) is 15.9 Å². The number of hydrogen-bond acceptors (Lipinski definition) is 3. The first kappa shape index (κ1) is 14.4. The summed E-state index contributed by atoms with van der Waals surface area (Å²) in [5.74, 6) is 2.36. The zero-order chi connectivity index (χ0) is 13.7. The molecule has 0 unspecified atom stereocenters. The third-order valence-electron chi connectivity index (χ3n) is 2.61. The fourth-order valence-corrected chi connectivity index (χ4v) is 2.38. The maximum Gasteiger partial charge on any atom is 0.146 e. The standard InChI is InChI=1S/C14H15BrClNO2/c15-10-3-6-14(13(16)8-10)18-9-12-5-4-11(19-12)2-1-7-17/h3-6,8H,1-2,7,9,17H2. The first-order valence-electron chi connectivity index (χ1n) is 6.04. The molecule has 0 saturated heterocycles. The van der Waals surface area contributed by atoms with Crippen LogP contribution in [0.3, 0.4) is 0 Å². The van der Waals surface area contributed by atoms with Gasteiger partial charge in [0.1, 0.15) is 23.9 Å². The van der Waals surface area contributed by atoms with E-state index in [1.807, 2.05) is 24.3 Å². The minimum absolute atomic E-state index is 0.365. The largest absolute Gasteiger partial charge is 0.484 e. The predicted molar refractivity (Wildman–Crippen MR) is 79.6 cm³/mol. The summed E-state index contributed by atoms with van der Waals surface area (Å²) in [6.45, 7) is 1.03. The fraction of sp³-hybridized carbons (Fsp3) is 0.286. The van der Waals surface area contributed by atoms with Gasteiger partial charge in [-0.15, -0.1) is 0 Å². The van der Waals surface area contributed by atoms with Gasteiger partial charge >= 0.3 is 0 Å². The topological polar surface area (TPSA) is 48.4 Å². The number of hydrogen-bond donors (Lipinski definition) is 1. The Morgan fingerprint density at radius 3 is 2.74 bits per heavy atom. The van der Waals surface area contributed by atoms with Crippen LogP contribution in [0.25, 0.3) is 0 Å². The Balaban J connectivity index is 1.92. The van der Waals surface area contributed by atoms with Crippen molar-refractivity contribution in [3.05, 3.63) is 51.3 Å². The lowest BCUT2D eigenvalue weighted by atomic mass is 10.2. The summed E-state index contributed by atoms with van der Waals surface area (Å²) in [7, 11) is 0. The molecule has 0 radical (unpaired) electrons. The Morgan fingerprint density at radius 2 is 2.00 bits per heavy atom. The molecule has 3 nitrogen and oxygen atoms in total. The SMILES string of the molecule is NCCCc1ccc(COc2ccc(Br)cc2Cl)o1. The maximum atomic E-state index is 6.07. The fourth-order valence-electron chi connectivity index (χ4n) is 1.65. The minimum atomic E-state index is 0.365. The second kappa shape index (κ2) is 6.98. The number of furan rings is 1. The van der Waals surface area contributed by atoms with Crippen LogP contribution in [0.4, 0.5) is 0 Å². The lowest BCUT2D eigenvalue weighted by molar-refractivity contribution is 0.266. The van der Waals surface area contributed by atoms with Crippen LogP contribution < -0.4 is 10.5 Å². The van der Waals surface area contributed by atoms with Gasteiger partial charge in [0.05, 0.1) is 5.02 Å². The van der Waals surface area contributed by atoms with Crippen LogP contribution >= 0.6 is 27.5 Å². The molecule has 1 heterocycles. The van der Waals surface area contributed by atoms with Gasteiger partial charge in [-0.05, 0) is 43.3 Å². The smallest absolute Gasteiger partial charge is 0.146 e. The van der Waals surface area contributed by atoms with Crippen LogP contribution in [0, 0.1) is 0 Å². The Kier molecular flexibility index (Phi) is 5.31. The summed E-state index contributed by atoms with van der Waals surface area (Å²) in [6.07, 6.45) is 1.78. The highest BCUT2D eigenvalue weighted by molar-refractivity contribution is 9.10. The number of rotatable bonds is 6. The normalized spacial score (nSPS) is 10.7. The van der Waals surface area contributed by atoms with Gasteiger partial charge < -0.3 is 14.9 Å². The molecule has 0 amide bonds. The van der Waals surface area contributed by atoms with E-state index in [-0.39, 0.29) is 0 Å². The molecule has 1 aromatic carbocycles. The first-order valence-corrected chi connectivity index (χ1v) is 7.21. The van der Waals surface area contributed by atoms with E-state index in [1.54, 1.807) is 6.07 Å². The summed E-state index contributed by atoms with van der Waals surface area (Å²) < 4.78 is 12.2. The Hall–Kier alpha value is -0.970. The van der Waals surface area contributed by atoms with Crippen LogP contribution in [0.5, 0.6) is 5.75 Å². The molecule has 102 valence electrons. The summed E-state index contributed by atoms with van der Waals surface area (Å²) in [4.78, 5) is 0. The Morgan fingerprint density at radius 1 is 1.21 bits per heavy atom. The molecule has 19 heavy (non-hydrogen) atoms. The molecule has 0 aliphatic rings. The molecule has 0 aliphatic heterocycles. The van der Waals surface area contributed by atoms with E-state index in [0.717, 1.165) is 28.8 Å². The van der Waals surface area contributed by atoms with Crippen molar-refractivity contribution in [2.24, 2.45) is 5.73 Å². The number of halogens is 2. The second-order valence-electron chi connectivity index (χ2n) is 4.12. The molecule has 0 bridgehead atoms. The molecule has 0 fully saturated rings. The first-order chi connectivity index (χ1) is 9.19. The van der Waals surface area contributed by atoms with E-state index in [0.29, 0.717) is 23.9 Å². The molecule has 0 saturated carbocycles. The highest BCUT2D eigenvalue weighted by Crippen LogP contribution is 2.28. The maximum absolute atomic E-state index is 6.07. The van der Waals surface area contributed by atoms with E-state index in [4.69, 9.17) is 26.5 Å². The van der Waals surface area contributed by atoms with E-state index in [9.17, 15) is 0 Å². The van der Waals surface area contributed by atoms with Gasteiger partial charge in [0.15, 0.2) is 0 Å². The highest BCUT2D eigenvalue weighted by atomic mass is 79.9. The third kappa shape index (κ3) is 4.27. The van der Waals surface area contributed by atoms with Crippen molar-refractivity contribution in [1.82, 2.24) is 0 Å². The van der Waals surface area contributed by atoms with Crippen molar-refractivity contribution in [3.8, 4) is 5.75 Å². The van der Waals surface area contributed by atoms with E-state index in [1.165, 1.54) is 0 Å². The van der Waals surface area contributed by atoms with Gasteiger partial charge in [-0.25, -0.2) is 0 Å². The molecule has 0 aliphatic carbocycles. The zero-order valence-corrected chi connectivity index (χ0v) is 12.7. The minimum Gasteiger partial charge on any atom is -0.484 e. The molecule has 2 aromatic rings. The Labute approximate surface area is 125 Å². The molecule has 2 N–H and O–H groups in total. The van der Waals surface area contributed by atoms with Crippen molar-refractivity contribution in [2.75, 3.05) is 6.54 Å². The number of benzene rings is 1. The molecule has 0 spiro atoms. The summed E-state index contributed by atoms with van der Waals surface area (Å²) in [5.41, 5.74) is 5.46. The van der Waals surface area contributed by atoms with Crippen molar-refractivity contribution >= 4 is 27.5 Å². The Bertz CT molecular complexity index is 542. The molecule has 2 rings (SSSR count). The van der Waals surface area contributed by atoms with E-state index < -0.39 is 0 Å². The van der Waals surface area contributed by atoms with Crippen LogP contribution in [0.15, 0.2) is 39.2 Å². The van der Waals surface area contributed by atoms with Gasteiger partial charge in [-0.3, -0.25) is 0 Å². The molecule has 0 atom stereocenters. The number of aryl methyl sites for hydroxylation is 1. The van der Waals surface area contributed by atoms with Crippen LogP contribution in [-0.4, -0.2) is 6.54 Å². The zero-order valence-electron chi connectivity index (χ0n) is 10.4. The van der Waals surface area contributed by atoms with Gasteiger partial charge in [-0.2, -0.15) is 0 Å². The van der Waals surface area contributed by atoms with Crippen molar-refractivity contribution in [2.45, 2.75) is 19.4 Å². The van der Waals surface area contributed by atoms with Crippen molar-refractivity contribution in [3.63, 3.8) is 0 Å². The van der Waals surface area contributed by atoms with Crippen LogP contribution in [0.1, 0.15) is 17.9 Å². The second-order valence-corrected chi connectivity index (χ2v) is 5.45. The van der Waals surface area contributed by atoms with Crippen molar-refractivity contribution < 1.29 is 9.15 Å². The van der Waals surface area contributed by atoms with Gasteiger partial charge in [0.25, 0.3) is 0 Å². The van der Waals surface area contributed by atoms with Gasteiger partial charge in [0, 0.05) is 10.9 Å². The molecular weight excluding hydrogens is 330 g/mol. The van der Waals surface area contributed by atoms with Gasteiger partial charge in [0.2, 0.25) is 0 Å². The third-order valence-corrected chi connectivity index (χ3v) is 3.40.